The molecule has 1 N–H and O–H groups in total. The summed E-state index contributed by atoms with van der Waals surface area (Å²) in [6, 6.07) is 6.59. The van der Waals surface area contributed by atoms with Crippen LogP contribution in [-0.2, 0) is 6.42 Å². The second-order valence-electron chi connectivity index (χ2n) is 4.34. The molecule has 0 atom stereocenters. The van der Waals surface area contributed by atoms with Crippen LogP contribution in [0.25, 0.3) is 0 Å². The maximum Gasteiger partial charge on any atom is 0.274 e. The van der Waals surface area contributed by atoms with E-state index in [9.17, 15) is 14.9 Å². The van der Waals surface area contributed by atoms with E-state index in [1.807, 2.05) is 18.4 Å². The van der Waals surface area contributed by atoms with Crippen LogP contribution in [0.3, 0.4) is 0 Å². The van der Waals surface area contributed by atoms with Crippen LogP contribution in [0.5, 0.6) is 0 Å². The van der Waals surface area contributed by atoms with E-state index in [0.717, 1.165) is 12.0 Å². The third kappa shape index (κ3) is 2.85. The molecule has 1 heterocycles. The van der Waals surface area contributed by atoms with E-state index < -0.39 is 4.92 Å². The topological polar surface area (TPSA) is 72.2 Å². The van der Waals surface area contributed by atoms with Crippen molar-refractivity contribution in [2.45, 2.75) is 20.3 Å². The number of rotatable bonds is 4. The molecule has 0 spiro atoms. The van der Waals surface area contributed by atoms with Gasteiger partial charge in [-0.3, -0.25) is 14.9 Å². The lowest BCUT2D eigenvalue weighted by Crippen LogP contribution is -2.12. The predicted molar refractivity (Wildman–Crippen MR) is 79.5 cm³/mol. The van der Waals surface area contributed by atoms with Crippen LogP contribution in [0, 0.1) is 17.0 Å². The molecular formula is C14H14N2O3S. The van der Waals surface area contributed by atoms with Gasteiger partial charge in [0.15, 0.2) is 0 Å². The largest absolute Gasteiger partial charge is 0.321 e. The van der Waals surface area contributed by atoms with Crippen LogP contribution < -0.4 is 5.32 Å². The number of carbonyl (C=O) groups is 1. The number of nitrogens with zero attached hydrogens (tertiary/aromatic N) is 1. The number of aryl methyl sites for hydroxylation is 2. The quantitative estimate of drug-likeness (QED) is 0.688. The smallest absolute Gasteiger partial charge is 0.274 e. The Morgan fingerprint density at radius 2 is 2.15 bits per heavy atom. The Balaban J connectivity index is 2.24. The van der Waals surface area contributed by atoms with Crippen molar-refractivity contribution in [1.82, 2.24) is 0 Å². The number of nitro benzene ring substituents is 1. The lowest BCUT2D eigenvalue weighted by molar-refractivity contribution is -0.385. The predicted octanol–water partition coefficient (Wildman–Crippen LogP) is 3.78. The van der Waals surface area contributed by atoms with Gasteiger partial charge in [-0.25, -0.2) is 0 Å². The van der Waals surface area contributed by atoms with Gasteiger partial charge in [0.2, 0.25) is 0 Å². The van der Waals surface area contributed by atoms with E-state index >= 15 is 0 Å². The molecule has 1 aromatic carbocycles. The van der Waals surface area contributed by atoms with Crippen LogP contribution in [0.1, 0.15) is 27.7 Å². The molecule has 1 amide bonds. The van der Waals surface area contributed by atoms with Gasteiger partial charge < -0.3 is 5.32 Å². The number of benzene rings is 1. The zero-order chi connectivity index (χ0) is 14.7. The van der Waals surface area contributed by atoms with Gasteiger partial charge in [-0.05, 0) is 36.4 Å². The van der Waals surface area contributed by atoms with Crippen molar-refractivity contribution < 1.29 is 9.72 Å². The van der Waals surface area contributed by atoms with Gasteiger partial charge in [0, 0.05) is 17.3 Å². The summed E-state index contributed by atoms with van der Waals surface area (Å²) < 4.78 is 0. The van der Waals surface area contributed by atoms with Crippen molar-refractivity contribution in [3.8, 4) is 0 Å². The first-order chi connectivity index (χ1) is 9.52. The Morgan fingerprint density at radius 1 is 1.40 bits per heavy atom. The Morgan fingerprint density at radius 3 is 2.80 bits per heavy atom. The fraction of sp³-hybridized carbons (Fsp3) is 0.214. The number of amides is 1. The number of carbonyl (C=O) groups excluding carboxylic acids is 1. The maximum atomic E-state index is 12.2. The summed E-state index contributed by atoms with van der Waals surface area (Å²) in [5, 5.41) is 15.5. The second kappa shape index (κ2) is 5.83. The molecular weight excluding hydrogens is 276 g/mol. The van der Waals surface area contributed by atoms with Crippen molar-refractivity contribution in [2.75, 3.05) is 5.32 Å². The monoisotopic (exact) mass is 290 g/mol. The highest BCUT2D eigenvalue weighted by Crippen LogP contribution is 2.24. The minimum atomic E-state index is -0.451. The number of hydrogen-bond acceptors (Lipinski definition) is 4. The average molecular weight is 290 g/mol. The highest BCUT2D eigenvalue weighted by molar-refractivity contribution is 7.12. The summed E-state index contributed by atoms with van der Waals surface area (Å²) in [7, 11) is 0. The van der Waals surface area contributed by atoms with Crippen LogP contribution in [0.4, 0.5) is 11.4 Å². The van der Waals surface area contributed by atoms with Crippen molar-refractivity contribution >= 4 is 28.6 Å². The van der Waals surface area contributed by atoms with E-state index in [4.69, 9.17) is 0 Å². The molecule has 6 heteroatoms. The average Bonchev–Trinajstić information content (AvgIpc) is 2.89. The number of nitrogens with one attached hydrogen (secondary N) is 1. The third-order valence-corrected chi connectivity index (χ3v) is 3.95. The van der Waals surface area contributed by atoms with E-state index in [0.29, 0.717) is 16.1 Å². The molecule has 2 aromatic rings. The summed E-state index contributed by atoms with van der Waals surface area (Å²) in [6.07, 6.45) is 0.778. The van der Waals surface area contributed by atoms with Gasteiger partial charge in [-0.2, -0.15) is 0 Å². The van der Waals surface area contributed by atoms with Crippen LogP contribution in [-0.4, -0.2) is 10.8 Å². The van der Waals surface area contributed by atoms with Gasteiger partial charge in [-0.1, -0.05) is 13.0 Å². The van der Waals surface area contributed by atoms with Gasteiger partial charge in [0.05, 0.1) is 9.80 Å². The Labute approximate surface area is 120 Å². The molecule has 0 aliphatic rings. The van der Waals surface area contributed by atoms with Crippen molar-refractivity contribution in [2.24, 2.45) is 0 Å². The summed E-state index contributed by atoms with van der Waals surface area (Å²) in [5.41, 5.74) is 1.99. The van der Waals surface area contributed by atoms with E-state index in [2.05, 4.69) is 5.32 Å². The number of nitro groups is 1. The zero-order valence-electron chi connectivity index (χ0n) is 11.2. The van der Waals surface area contributed by atoms with Gasteiger partial charge in [0.25, 0.3) is 11.6 Å². The first-order valence-corrected chi connectivity index (χ1v) is 7.03. The lowest BCUT2D eigenvalue weighted by Gasteiger charge is -2.06. The number of hydrogen-bond donors (Lipinski definition) is 1. The minimum absolute atomic E-state index is 0.00435. The van der Waals surface area contributed by atoms with Gasteiger partial charge in [-0.15, -0.1) is 11.3 Å². The first kappa shape index (κ1) is 14.2. The van der Waals surface area contributed by atoms with Crippen LogP contribution in [0.2, 0.25) is 0 Å². The molecule has 104 valence electrons. The molecule has 1 aromatic heterocycles. The Kier molecular flexibility index (Phi) is 4.14. The highest BCUT2D eigenvalue weighted by Gasteiger charge is 2.15. The Bertz CT molecular complexity index is 664. The zero-order valence-corrected chi connectivity index (χ0v) is 12.0. The SMILES string of the molecule is CCc1ccsc1C(=O)Nc1ccc(C)c([N+](=O)[O-])c1. The summed E-state index contributed by atoms with van der Waals surface area (Å²) in [5.74, 6) is -0.227. The maximum absolute atomic E-state index is 12.2. The van der Waals surface area contributed by atoms with Crippen LogP contribution >= 0.6 is 11.3 Å². The standard InChI is InChI=1S/C14H14N2O3S/c1-3-10-6-7-20-13(10)14(17)15-11-5-4-9(2)12(8-11)16(18)19/h4-8H,3H2,1-2H3,(H,15,17). The van der Waals surface area contributed by atoms with E-state index in [1.165, 1.54) is 17.4 Å². The molecule has 2 rings (SSSR count). The summed E-state index contributed by atoms with van der Waals surface area (Å²) in [6.45, 7) is 3.65. The molecule has 0 fully saturated rings. The number of thiophene rings is 1. The van der Waals surface area contributed by atoms with Gasteiger partial charge >= 0.3 is 0 Å². The second-order valence-corrected chi connectivity index (χ2v) is 5.26. The van der Waals surface area contributed by atoms with E-state index in [-0.39, 0.29) is 11.6 Å². The molecule has 0 bridgehead atoms. The van der Waals surface area contributed by atoms with Crippen molar-refractivity contribution in [1.29, 1.82) is 0 Å². The van der Waals surface area contributed by atoms with Gasteiger partial charge in [0.1, 0.15) is 0 Å². The lowest BCUT2D eigenvalue weighted by atomic mass is 10.1. The highest BCUT2D eigenvalue weighted by atomic mass is 32.1. The summed E-state index contributed by atoms with van der Waals surface area (Å²) >= 11 is 1.37. The third-order valence-electron chi connectivity index (χ3n) is 3.00. The molecule has 0 saturated heterocycles. The first-order valence-electron chi connectivity index (χ1n) is 6.15. The van der Waals surface area contributed by atoms with Crippen molar-refractivity contribution in [3.63, 3.8) is 0 Å². The van der Waals surface area contributed by atoms with E-state index in [1.54, 1.807) is 19.1 Å². The molecule has 0 saturated carbocycles. The Hall–Kier alpha value is -2.21. The molecule has 20 heavy (non-hydrogen) atoms. The number of anilines is 1. The normalized spacial score (nSPS) is 10.3. The minimum Gasteiger partial charge on any atom is -0.321 e. The molecule has 0 aliphatic heterocycles. The molecule has 0 aliphatic carbocycles. The molecule has 0 radical (unpaired) electrons. The fourth-order valence-electron chi connectivity index (χ4n) is 1.89. The van der Waals surface area contributed by atoms with Crippen molar-refractivity contribution in [3.05, 3.63) is 55.8 Å². The molecule has 5 nitrogen and oxygen atoms in total. The summed E-state index contributed by atoms with van der Waals surface area (Å²) in [4.78, 5) is 23.2. The molecule has 0 unspecified atom stereocenters. The van der Waals surface area contributed by atoms with Crippen LogP contribution in [0.15, 0.2) is 29.6 Å². The fourth-order valence-corrected chi connectivity index (χ4v) is 2.78.